The summed E-state index contributed by atoms with van der Waals surface area (Å²) in [4.78, 5) is 14.3. The summed E-state index contributed by atoms with van der Waals surface area (Å²) in [6, 6.07) is 1.25. The maximum absolute atomic E-state index is 10.4. The molecule has 0 N–H and O–H groups in total. The summed E-state index contributed by atoms with van der Waals surface area (Å²) < 4.78 is 6.25. The Morgan fingerprint density at radius 2 is 2.06 bits per heavy atom. The highest BCUT2D eigenvalue weighted by atomic mass is 28.4. The highest BCUT2D eigenvalue weighted by molar-refractivity contribution is 6.71. The minimum Gasteiger partial charge on any atom is -0.412 e. The van der Waals surface area contributed by atoms with Crippen molar-refractivity contribution in [1.82, 2.24) is 0 Å². The molecule has 4 heteroatoms. The van der Waals surface area contributed by atoms with Gasteiger partial charge in [-0.3, -0.25) is 0 Å². The van der Waals surface area contributed by atoms with E-state index in [1.54, 1.807) is 6.08 Å². The maximum atomic E-state index is 10.4. The average Bonchev–Trinajstić information content (AvgIpc) is 2.20. The van der Waals surface area contributed by atoms with Gasteiger partial charge in [-0.25, -0.2) is 4.79 Å². The van der Waals surface area contributed by atoms with Crippen molar-refractivity contribution in [2.75, 3.05) is 0 Å². The molecule has 0 aliphatic heterocycles. The van der Waals surface area contributed by atoms with Crippen molar-refractivity contribution in [3.63, 3.8) is 0 Å². The average molecular weight is 241 g/mol. The fourth-order valence-corrected chi connectivity index (χ4v) is 4.92. The first kappa shape index (κ1) is 13.6. The van der Waals surface area contributed by atoms with E-state index in [1.807, 2.05) is 0 Å². The van der Waals surface area contributed by atoms with Gasteiger partial charge in [-0.1, -0.05) is 26.2 Å². The molecule has 92 valence electrons. The number of nitrogens with zero attached hydrogens (tertiary/aromatic N) is 1. The number of hydrogen-bond donors (Lipinski definition) is 0. The van der Waals surface area contributed by atoms with Crippen molar-refractivity contribution in [3.8, 4) is 0 Å². The lowest BCUT2D eigenvalue weighted by Gasteiger charge is -2.34. The van der Waals surface area contributed by atoms with E-state index in [2.05, 4.69) is 25.0 Å². The molecule has 1 fully saturated rings. The van der Waals surface area contributed by atoms with E-state index in [0.29, 0.717) is 0 Å². The SMILES string of the molecule is CCC[Si](C)(C)OC1CCCCC1N=C=O. The van der Waals surface area contributed by atoms with E-state index in [1.165, 1.54) is 18.9 Å². The second-order valence-electron chi connectivity index (χ2n) is 5.24. The summed E-state index contributed by atoms with van der Waals surface area (Å²) in [7, 11) is -1.55. The molecule has 0 radical (unpaired) electrons. The van der Waals surface area contributed by atoms with Gasteiger partial charge < -0.3 is 4.43 Å². The predicted octanol–water partition coefficient (Wildman–Crippen LogP) is 3.27. The minimum atomic E-state index is -1.55. The van der Waals surface area contributed by atoms with Crippen LogP contribution in [0.4, 0.5) is 0 Å². The van der Waals surface area contributed by atoms with Crippen LogP contribution in [0.1, 0.15) is 39.0 Å². The fraction of sp³-hybridized carbons (Fsp3) is 0.917. The highest BCUT2D eigenvalue weighted by Crippen LogP contribution is 2.27. The number of carbonyl (C=O) groups excluding carboxylic acids is 1. The Bertz CT molecular complexity index is 262. The second kappa shape index (κ2) is 6.33. The van der Waals surface area contributed by atoms with Gasteiger partial charge in [-0.15, -0.1) is 0 Å². The first-order valence-electron chi connectivity index (χ1n) is 6.34. The van der Waals surface area contributed by atoms with E-state index in [4.69, 9.17) is 4.43 Å². The van der Waals surface area contributed by atoms with Crippen LogP contribution in [0.3, 0.4) is 0 Å². The van der Waals surface area contributed by atoms with E-state index in [9.17, 15) is 4.79 Å². The summed E-state index contributed by atoms with van der Waals surface area (Å²) in [5.74, 6) is 0. The Hall–Kier alpha value is -0.443. The molecule has 1 aliphatic rings. The zero-order chi connectivity index (χ0) is 12.0. The Morgan fingerprint density at radius 3 is 2.69 bits per heavy atom. The molecule has 0 aromatic rings. The lowest BCUT2D eigenvalue weighted by molar-refractivity contribution is 0.124. The van der Waals surface area contributed by atoms with Crippen LogP contribution < -0.4 is 0 Å². The van der Waals surface area contributed by atoms with Gasteiger partial charge in [0, 0.05) is 0 Å². The second-order valence-corrected chi connectivity index (χ2v) is 9.49. The Labute approximate surface area is 99.4 Å². The van der Waals surface area contributed by atoms with Gasteiger partial charge in [-0.05, 0) is 32.0 Å². The third kappa shape index (κ3) is 4.20. The molecule has 1 saturated carbocycles. The van der Waals surface area contributed by atoms with E-state index in [0.717, 1.165) is 19.3 Å². The van der Waals surface area contributed by atoms with Crippen LogP contribution in [0.2, 0.25) is 19.1 Å². The predicted molar refractivity (Wildman–Crippen MR) is 67.8 cm³/mol. The molecule has 1 aliphatic carbocycles. The normalized spacial score (nSPS) is 26.2. The lowest BCUT2D eigenvalue weighted by atomic mass is 9.93. The number of aliphatic imine (C=N–C) groups is 1. The van der Waals surface area contributed by atoms with Crippen molar-refractivity contribution in [3.05, 3.63) is 0 Å². The summed E-state index contributed by atoms with van der Waals surface area (Å²) in [6.45, 7) is 6.71. The largest absolute Gasteiger partial charge is 0.412 e. The maximum Gasteiger partial charge on any atom is 0.235 e. The molecule has 3 nitrogen and oxygen atoms in total. The van der Waals surface area contributed by atoms with Gasteiger partial charge in [0.15, 0.2) is 8.32 Å². The molecule has 0 heterocycles. The number of hydrogen-bond acceptors (Lipinski definition) is 3. The molecule has 0 amide bonds. The first-order chi connectivity index (χ1) is 7.59. The molecule has 16 heavy (non-hydrogen) atoms. The zero-order valence-corrected chi connectivity index (χ0v) is 11.7. The third-order valence-electron chi connectivity index (χ3n) is 3.21. The molecule has 0 saturated heterocycles. The molecule has 0 aromatic heterocycles. The molecule has 0 aromatic carbocycles. The summed E-state index contributed by atoms with van der Waals surface area (Å²) >= 11 is 0. The lowest BCUT2D eigenvalue weighted by Crippen LogP contribution is -2.41. The van der Waals surface area contributed by atoms with Gasteiger partial charge in [0.2, 0.25) is 6.08 Å². The van der Waals surface area contributed by atoms with Crippen molar-refractivity contribution in [2.24, 2.45) is 4.99 Å². The van der Waals surface area contributed by atoms with Crippen molar-refractivity contribution < 1.29 is 9.22 Å². The minimum absolute atomic E-state index is 0.0647. The van der Waals surface area contributed by atoms with Gasteiger partial charge in [0.1, 0.15) is 0 Å². The zero-order valence-electron chi connectivity index (χ0n) is 10.7. The van der Waals surface area contributed by atoms with E-state index in [-0.39, 0.29) is 12.1 Å². The van der Waals surface area contributed by atoms with Crippen molar-refractivity contribution >= 4 is 14.4 Å². The Kier molecular flexibility index (Phi) is 5.39. The smallest absolute Gasteiger partial charge is 0.235 e. The van der Waals surface area contributed by atoms with Gasteiger partial charge in [-0.2, -0.15) is 4.99 Å². The molecule has 2 atom stereocenters. The van der Waals surface area contributed by atoms with Crippen LogP contribution in [-0.2, 0) is 9.22 Å². The third-order valence-corrected chi connectivity index (χ3v) is 5.85. The van der Waals surface area contributed by atoms with Crippen LogP contribution in [0.5, 0.6) is 0 Å². The molecular weight excluding hydrogens is 218 g/mol. The van der Waals surface area contributed by atoms with Gasteiger partial charge in [0.05, 0.1) is 12.1 Å². The van der Waals surface area contributed by atoms with Gasteiger partial charge in [0.25, 0.3) is 0 Å². The van der Waals surface area contributed by atoms with E-state index < -0.39 is 8.32 Å². The molecular formula is C12H23NO2Si. The Balaban J connectivity index is 2.58. The fourth-order valence-electron chi connectivity index (χ4n) is 2.50. The van der Waals surface area contributed by atoms with Crippen LogP contribution in [0.25, 0.3) is 0 Å². The summed E-state index contributed by atoms with van der Waals surface area (Å²) in [6.07, 6.45) is 7.43. The monoisotopic (exact) mass is 241 g/mol. The van der Waals surface area contributed by atoms with Crippen molar-refractivity contribution in [2.45, 2.75) is 70.3 Å². The van der Waals surface area contributed by atoms with Crippen LogP contribution in [0.15, 0.2) is 4.99 Å². The molecule has 0 spiro atoms. The van der Waals surface area contributed by atoms with E-state index >= 15 is 0 Å². The Morgan fingerprint density at radius 1 is 1.38 bits per heavy atom. The van der Waals surface area contributed by atoms with Crippen LogP contribution in [-0.4, -0.2) is 26.5 Å². The number of rotatable bonds is 5. The molecule has 0 bridgehead atoms. The molecule has 2 unspecified atom stereocenters. The summed E-state index contributed by atoms with van der Waals surface area (Å²) in [5.41, 5.74) is 0. The number of isocyanates is 1. The van der Waals surface area contributed by atoms with Crippen LogP contribution >= 0.6 is 0 Å². The van der Waals surface area contributed by atoms with Crippen LogP contribution in [0, 0.1) is 0 Å². The van der Waals surface area contributed by atoms with Crippen molar-refractivity contribution in [1.29, 1.82) is 0 Å². The van der Waals surface area contributed by atoms with Gasteiger partial charge >= 0.3 is 0 Å². The standard InChI is InChI=1S/C12H23NO2Si/c1-4-9-16(2,3)15-12-8-6-5-7-11(12)13-10-14/h11-12H,4-9H2,1-3H3. The molecule has 1 rings (SSSR count). The quantitative estimate of drug-likeness (QED) is 0.421. The first-order valence-corrected chi connectivity index (χ1v) is 9.45. The topological polar surface area (TPSA) is 38.7 Å². The summed E-state index contributed by atoms with van der Waals surface area (Å²) in [5, 5.41) is 0. The highest BCUT2D eigenvalue weighted by Gasteiger charge is 2.32.